The number of amides is 1. The molecule has 0 spiro atoms. The van der Waals surface area contributed by atoms with Crippen LogP contribution in [0.15, 0.2) is 42.6 Å². The van der Waals surface area contributed by atoms with Gasteiger partial charge in [-0.2, -0.15) is 0 Å². The minimum Gasteiger partial charge on any atom is -0.346 e. The summed E-state index contributed by atoms with van der Waals surface area (Å²) in [6, 6.07) is 12.1. The van der Waals surface area contributed by atoms with E-state index in [1.807, 2.05) is 39.0 Å². The molecule has 1 saturated heterocycles. The quantitative estimate of drug-likeness (QED) is 0.826. The van der Waals surface area contributed by atoms with E-state index < -0.39 is 11.5 Å². The fourth-order valence-corrected chi connectivity index (χ4v) is 3.61. The molecule has 0 radical (unpaired) electrons. The smallest absolute Gasteiger partial charge is 0.239 e. The molecule has 1 aliphatic rings. The first-order chi connectivity index (χ1) is 12.2. The monoisotopic (exact) mass is 348 g/mol. The van der Waals surface area contributed by atoms with Gasteiger partial charge < -0.3 is 5.32 Å². The standard InChI is InChI=1S/C20H25BN4O/c1-12(2)13-5-7-14(8-6-13)17-18(26)25(4)19(22)24-20(17,3)15-9-10-23-16(21)11-15/h5-12,17H,21H2,1-4H3,(H2,22,24)/t17-,20-/m1/s1. The lowest BCUT2D eigenvalue weighted by atomic mass is 9.73. The molecule has 0 unspecified atom stereocenters. The van der Waals surface area contributed by atoms with Crippen molar-refractivity contribution in [3.8, 4) is 0 Å². The Morgan fingerprint density at radius 3 is 2.50 bits per heavy atom. The van der Waals surface area contributed by atoms with Crippen molar-refractivity contribution in [1.29, 1.82) is 5.41 Å². The summed E-state index contributed by atoms with van der Waals surface area (Å²) >= 11 is 0. The Morgan fingerprint density at radius 1 is 1.27 bits per heavy atom. The first kappa shape index (κ1) is 18.2. The molecule has 0 aliphatic carbocycles. The number of hydrogen-bond acceptors (Lipinski definition) is 3. The lowest BCUT2D eigenvalue weighted by Gasteiger charge is -2.46. The van der Waals surface area contributed by atoms with Crippen LogP contribution >= 0.6 is 0 Å². The Kier molecular flexibility index (Phi) is 4.61. The summed E-state index contributed by atoms with van der Waals surface area (Å²) in [5.74, 6) is 0.0453. The average Bonchev–Trinajstić information content (AvgIpc) is 2.60. The van der Waals surface area contributed by atoms with Crippen LogP contribution in [0.25, 0.3) is 0 Å². The Morgan fingerprint density at radius 2 is 1.92 bits per heavy atom. The van der Waals surface area contributed by atoms with Crippen LogP contribution in [-0.2, 0) is 10.3 Å². The Bertz CT molecular complexity index is 849. The van der Waals surface area contributed by atoms with Crippen molar-refractivity contribution in [2.24, 2.45) is 0 Å². The number of pyridine rings is 1. The Hall–Kier alpha value is -2.63. The summed E-state index contributed by atoms with van der Waals surface area (Å²) in [6.45, 7) is 6.30. The maximum absolute atomic E-state index is 13.2. The Balaban J connectivity index is 2.13. The molecular formula is C20H25BN4O. The van der Waals surface area contributed by atoms with Crippen LogP contribution in [0.4, 0.5) is 0 Å². The molecule has 26 heavy (non-hydrogen) atoms. The predicted octanol–water partition coefficient (Wildman–Crippen LogP) is 1.46. The van der Waals surface area contributed by atoms with Crippen molar-refractivity contribution in [2.75, 3.05) is 7.05 Å². The number of nitrogens with one attached hydrogen (secondary N) is 2. The molecule has 1 amide bonds. The largest absolute Gasteiger partial charge is 0.346 e. The highest BCUT2D eigenvalue weighted by atomic mass is 16.2. The van der Waals surface area contributed by atoms with E-state index in [0.717, 1.165) is 16.7 Å². The summed E-state index contributed by atoms with van der Waals surface area (Å²) in [7, 11) is 3.58. The van der Waals surface area contributed by atoms with Crippen LogP contribution in [0.3, 0.4) is 0 Å². The van der Waals surface area contributed by atoms with Crippen LogP contribution < -0.4 is 10.9 Å². The van der Waals surface area contributed by atoms with E-state index in [1.165, 1.54) is 10.5 Å². The number of likely N-dealkylation sites (N-methyl/N-ethyl adjacent to an activating group) is 1. The van der Waals surface area contributed by atoms with Gasteiger partial charge in [0.25, 0.3) is 0 Å². The lowest BCUT2D eigenvalue weighted by molar-refractivity contribution is -0.131. The summed E-state index contributed by atoms with van der Waals surface area (Å²) in [5, 5.41) is 11.5. The van der Waals surface area contributed by atoms with E-state index in [0.29, 0.717) is 5.92 Å². The third kappa shape index (κ3) is 3.00. The first-order valence-corrected chi connectivity index (χ1v) is 8.91. The number of nitrogens with zero attached hydrogens (tertiary/aromatic N) is 2. The zero-order chi connectivity index (χ0) is 19.1. The minimum atomic E-state index is -0.715. The molecule has 1 aliphatic heterocycles. The number of rotatable bonds is 3. The van der Waals surface area contributed by atoms with E-state index >= 15 is 0 Å². The van der Waals surface area contributed by atoms with Crippen molar-refractivity contribution in [3.63, 3.8) is 0 Å². The summed E-state index contributed by atoms with van der Waals surface area (Å²) in [4.78, 5) is 18.8. The maximum Gasteiger partial charge on any atom is 0.239 e. The molecule has 3 rings (SSSR count). The molecule has 0 bridgehead atoms. The topological polar surface area (TPSA) is 69.1 Å². The Labute approximate surface area is 155 Å². The van der Waals surface area contributed by atoms with Crippen LogP contribution in [0, 0.1) is 5.41 Å². The zero-order valence-electron chi connectivity index (χ0n) is 16.0. The van der Waals surface area contributed by atoms with Gasteiger partial charge in [0.05, 0.1) is 11.5 Å². The van der Waals surface area contributed by atoms with Gasteiger partial charge in [0.1, 0.15) is 0 Å². The number of carbonyl (C=O) groups excluding carboxylic acids is 1. The summed E-state index contributed by atoms with van der Waals surface area (Å²) in [6.07, 6.45) is 1.75. The molecule has 2 N–H and O–H groups in total. The van der Waals surface area contributed by atoms with Gasteiger partial charge in [0, 0.05) is 13.2 Å². The molecule has 0 saturated carbocycles. The molecule has 5 nitrogen and oxygen atoms in total. The van der Waals surface area contributed by atoms with Crippen LogP contribution in [-0.4, -0.2) is 36.6 Å². The van der Waals surface area contributed by atoms with Crippen LogP contribution in [0.2, 0.25) is 0 Å². The zero-order valence-corrected chi connectivity index (χ0v) is 16.0. The van der Waals surface area contributed by atoms with E-state index in [9.17, 15) is 4.79 Å². The highest BCUT2D eigenvalue weighted by molar-refractivity contribution is 6.30. The highest BCUT2D eigenvalue weighted by Crippen LogP contribution is 2.40. The lowest BCUT2D eigenvalue weighted by Crippen LogP contribution is -2.62. The third-order valence-corrected chi connectivity index (χ3v) is 5.30. The molecule has 6 heteroatoms. The van der Waals surface area contributed by atoms with Gasteiger partial charge in [-0.25, -0.2) is 0 Å². The highest BCUT2D eigenvalue weighted by Gasteiger charge is 2.48. The molecule has 1 fully saturated rings. The van der Waals surface area contributed by atoms with Gasteiger partial charge in [-0.1, -0.05) is 38.1 Å². The molecular weight excluding hydrogens is 323 g/mol. The first-order valence-electron chi connectivity index (χ1n) is 8.91. The second kappa shape index (κ2) is 6.59. The molecule has 2 atom stereocenters. The van der Waals surface area contributed by atoms with E-state index in [1.54, 1.807) is 13.2 Å². The van der Waals surface area contributed by atoms with Crippen LogP contribution in [0.1, 0.15) is 49.3 Å². The van der Waals surface area contributed by atoms with Gasteiger partial charge in [-0.05, 0) is 47.3 Å². The average molecular weight is 348 g/mol. The van der Waals surface area contributed by atoms with E-state index in [4.69, 9.17) is 5.41 Å². The SMILES string of the molecule is Bc1cc([C@@]2(C)NC(=N)N(C)C(=O)[C@H]2c2ccc(C(C)C)cc2)ccn1. The summed E-state index contributed by atoms with van der Waals surface area (Å²) < 4.78 is 0. The molecule has 2 heterocycles. The molecule has 1 aromatic carbocycles. The molecule has 2 aromatic rings. The van der Waals surface area contributed by atoms with Gasteiger partial charge in [0.2, 0.25) is 5.91 Å². The number of carbonyl (C=O) groups is 1. The van der Waals surface area contributed by atoms with Gasteiger partial charge in [0.15, 0.2) is 13.8 Å². The van der Waals surface area contributed by atoms with Crippen molar-refractivity contribution in [3.05, 3.63) is 59.3 Å². The fraction of sp³-hybridized carbons (Fsp3) is 0.350. The normalized spacial score (nSPS) is 23.3. The van der Waals surface area contributed by atoms with E-state index in [2.05, 4.69) is 36.3 Å². The fourth-order valence-electron chi connectivity index (χ4n) is 3.61. The predicted molar refractivity (Wildman–Crippen MR) is 107 cm³/mol. The second-order valence-electron chi connectivity index (χ2n) is 7.51. The van der Waals surface area contributed by atoms with Crippen molar-refractivity contribution >= 4 is 25.3 Å². The van der Waals surface area contributed by atoms with E-state index in [-0.39, 0.29) is 11.9 Å². The van der Waals surface area contributed by atoms with Gasteiger partial charge in [-0.15, -0.1) is 0 Å². The maximum atomic E-state index is 13.2. The second-order valence-corrected chi connectivity index (χ2v) is 7.51. The third-order valence-electron chi connectivity index (χ3n) is 5.30. The number of hydrogen-bond donors (Lipinski definition) is 2. The summed E-state index contributed by atoms with van der Waals surface area (Å²) in [5.41, 5.74) is 3.32. The number of aromatic nitrogens is 1. The minimum absolute atomic E-state index is 0.0805. The number of benzene rings is 1. The van der Waals surface area contributed by atoms with Gasteiger partial charge >= 0.3 is 0 Å². The van der Waals surface area contributed by atoms with Gasteiger partial charge in [-0.3, -0.25) is 20.1 Å². The van der Waals surface area contributed by atoms with Crippen molar-refractivity contribution < 1.29 is 4.79 Å². The number of guanidine groups is 1. The van der Waals surface area contributed by atoms with Crippen molar-refractivity contribution in [1.82, 2.24) is 15.2 Å². The van der Waals surface area contributed by atoms with Crippen LogP contribution in [0.5, 0.6) is 0 Å². The van der Waals surface area contributed by atoms with Crippen molar-refractivity contribution in [2.45, 2.75) is 38.1 Å². The molecule has 134 valence electrons. The molecule has 1 aromatic heterocycles.